The molecule has 65 heavy (non-hydrogen) atoms. The molecule has 9 rings (SSSR count). The van der Waals surface area contributed by atoms with Crippen molar-refractivity contribution in [3.05, 3.63) is 114 Å². The highest BCUT2D eigenvalue weighted by atomic mass is 19.1. The van der Waals surface area contributed by atoms with E-state index in [4.69, 9.17) is 24.2 Å². The summed E-state index contributed by atoms with van der Waals surface area (Å²) in [4.78, 5) is 76.9. The number of hydrogen-bond acceptors (Lipinski definition) is 10. The summed E-state index contributed by atoms with van der Waals surface area (Å²) in [5, 5.41) is 6.32. The fourth-order valence-electron chi connectivity index (χ4n) is 9.34. The van der Waals surface area contributed by atoms with Crippen molar-refractivity contribution in [3.8, 4) is 33.8 Å². The summed E-state index contributed by atoms with van der Waals surface area (Å²) in [6.45, 7) is 2.09. The molecule has 0 radical (unpaired) electrons. The number of nitrogens with zero attached hydrogens (tertiary/aromatic N) is 5. The van der Waals surface area contributed by atoms with E-state index >= 15 is 4.39 Å². The second kappa shape index (κ2) is 18.9. The number of nitrogens with one attached hydrogen (secondary N) is 4. The van der Waals surface area contributed by atoms with Gasteiger partial charge in [0.05, 0.1) is 61.3 Å². The minimum absolute atomic E-state index is 0.0781. The van der Waals surface area contributed by atoms with Crippen LogP contribution in [0.3, 0.4) is 0 Å². The minimum Gasteiger partial charge on any atom is -0.453 e. The Morgan fingerprint density at radius 2 is 1.35 bits per heavy atom. The maximum atomic E-state index is 16.0. The molecule has 16 nitrogen and oxygen atoms in total. The SMILES string of the molecule is COC(=O)N[C@H](C(=O)N1CCC[C@H]1c1ncc(-c2ccc(-c3ccc4cc(-c5cnc([C@@H]6CCCN6C(=O)[C@H](NC(=O)OC)c6ccccc6)[nH]5)ccc4n3)c(F)c2)[nH]1)C1CCOCC1. The van der Waals surface area contributed by atoms with Gasteiger partial charge in [-0.1, -0.05) is 48.5 Å². The molecule has 0 unspecified atom stereocenters. The minimum atomic E-state index is -0.915. The highest BCUT2D eigenvalue weighted by Crippen LogP contribution is 2.37. The van der Waals surface area contributed by atoms with Gasteiger partial charge >= 0.3 is 12.2 Å². The smallest absolute Gasteiger partial charge is 0.407 e. The zero-order valence-electron chi connectivity index (χ0n) is 36.1. The van der Waals surface area contributed by atoms with E-state index in [2.05, 4.69) is 25.6 Å². The average molecular weight is 884 g/mol. The van der Waals surface area contributed by atoms with Crippen LogP contribution in [0.4, 0.5) is 14.0 Å². The predicted molar refractivity (Wildman–Crippen MR) is 237 cm³/mol. The number of rotatable bonds is 11. The third-order valence-electron chi connectivity index (χ3n) is 12.7. The quantitative estimate of drug-likeness (QED) is 0.102. The second-order valence-electron chi connectivity index (χ2n) is 16.6. The van der Waals surface area contributed by atoms with Crippen molar-refractivity contribution in [3.63, 3.8) is 0 Å². The number of methoxy groups -OCH3 is 2. The van der Waals surface area contributed by atoms with Crippen LogP contribution in [0.25, 0.3) is 44.7 Å². The first kappa shape index (κ1) is 43.1. The standard InChI is InChI=1S/C48H50FN9O7/c1-63-47(61)55-41(28-8-4-3-5-9-28)45(59)57-20-6-10-39(57)43-50-26-37(53-43)31-13-16-35-30(24-31)14-17-36(52-35)33-15-12-32(25-34(33)49)38-27-51-44(54-38)40-11-7-21-58(40)46(60)42(56-48(62)64-2)29-18-22-65-23-19-29/h3-5,8-9,12-17,24-27,29,39-42H,6-7,10-11,18-23H2,1-2H3,(H,50,53)(H,51,54)(H,55,61)(H,56,62)/t39-,40-,41+,42-/m0/s1. The van der Waals surface area contributed by atoms with Crippen molar-refractivity contribution in [2.45, 2.75) is 62.7 Å². The molecule has 4 atom stereocenters. The Labute approximate surface area is 374 Å². The van der Waals surface area contributed by atoms with Gasteiger partial charge in [0.2, 0.25) is 5.91 Å². The lowest BCUT2D eigenvalue weighted by molar-refractivity contribution is -0.137. The topological polar surface area (TPSA) is 197 Å². The normalized spacial score (nSPS) is 18.6. The summed E-state index contributed by atoms with van der Waals surface area (Å²) in [5.41, 5.74) is 4.99. The largest absolute Gasteiger partial charge is 0.453 e. The lowest BCUT2D eigenvalue weighted by atomic mass is 9.90. The van der Waals surface area contributed by atoms with Crippen LogP contribution in [0.2, 0.25) is 0 Å². The van der Waals surface area contributed by atoms with E-state index in [-0.39, 0.29) is 29.8 Å². The van der Waals surface area contributed by atoms with Gasteiger partial charge in [-0.05, 0) is 80.3 Å². The Balaban J connectivity index is 0.884. The third kappa shape index (κ3) is 9.00. The van der Waals surface area contributed by atoms with Gasteiger partial charge in [-0.25, -0.2) is 28.9 Å². The van der Waals surface area contributed by atoms with Gasteiger partial charge in [0, 0.05) is 48.4 Å². The molecular weight excluding hydrogens is 834 g/mol. The summed E-state index contributed by atoms with van der Waals surface area (Å²) in [5.74, 6) is 0.288. The highest BCUT2D eigenvalue weighted by Gasteiger charge is 2.41. The molecule has 4 amide bonds. The molecule has 17 heteroatoms. The van der Waals surface area contributed by atoms with Crippen LogP contribution >= 0.6 is 0 Å². The maximum absolute atomic E-state index is 16.0. The monoisotopic (exact) mass is 883 g/mol. The van der Waals surface area contributed by atoms with Crippen molar-refractivity contribution in [2.75, 3.05) is 40.5 Å². The van der Waals surface area contributed by atoms with Gasteiger partial charge in [0.1, 0.15) is 29.5 Å². The lowest BCUT2D eigenvalue weighted by Gasteiger charge is -2.34. The number of carbonyl (C=O) groups excluding carboxylic acids is 4. The van der Waals surface area contributed by atoms with Gasteiger partial charge in [-0.2, -0.15) is 0 Å². The molecule has 3 aliphatic heterocycles. The number of pyridine rings is 1. The molecule has 0 aliphatic carbocycles. The maximum Gasteiger partial charge on any atom is 0.407 e. The van der Waals surface area contributed by atoms with Crippen LogP contribution < -0.4 is 10.6 Å². The molecule has 6 heterocycles. The van der Waals surface area contributed by atoms with E-state index < -0.39 is 30.1 Å². The number of amides is 4. The number of alkyl carbamates (subject to hydrolysis) is 2. The molecule has 3 aromatic carbocycles. The zero-order chi connectivity index (χ0) is 45.0. The van der Waals surface area contributed by atoms with Crippen LogP contribution in [-0.4, -0.2) is 105 Å². The van der Waals surface area contributed by atoms with Crippen LogP contribution in [0.5, 0.6) is 0 Å². The number of aromatic amines is 2. The Morgan fingerprint density at radius 3 is 2.00 bits per heavy atom. The zero-order valence-corrected chi connectivity index (χ0v) is 36.1. The van der Waals surface area contributed by atoms with Gasteiger partial charge < -0.3 is 44.6 Å². The van der Waals surface area contributed by atoms with Crippen molar-refractivity contribution in [1.82, 2.24) is 45.4 Å². The lowest BCUT2D eigenvalue weighted by Crippen LogP contribution is -2.53. The van der Waals surface area contributed by atoms with Gasteiger partial charge in [0.15, 0.2) is 0 Å². The molecule has 336 valence electrons. The fourth-order valence-corrected chi connectivity index (χ4v) is 9.34. The Kier molecular flexibility index (Phi) is 12.5. The van der Waals surface area contributed by atoms with Crippen LogP contribution in [0.1, 0.15) is 73.9 Å². The molecule has 0 spiro atoms. The number of likely N-dealkylation sites (tertiary alicyclic amines) is 2. The number of fused-ring (bicyclic) bond motifs is 1. The van der Waals surface area contributed by atoms with Crippen molar-refractivity contribution in [1.29, 1.82) is 0 Å². The molecule has 3 saturated heterocycles. The third-order valence-corrected chi connectivity index (χ3v) is 12.7. The first-order valence-corrected chi connectivity index (χ1v) is 21.9. The summed E-state index contributed by atoms with van der Waals surface area (Å²) in [6.07, 6.45) is 6.32. The fraction of sp³-hybridized carbons (Fsp3) is 0.354. The second-order valence-corrected chi connectivity index (χ2v) is 16.6. The number of ether oxygens (including phenoxy) is 3. The van der Waals surface area contributed by atoms with Crippen LogP contribution in [0, 0.1) is 11.7 Å². The number of carbonyl (C=O) groups is 4. The van der Waals surface area contributed by atoms with E-state index in [1.807, 2.05) is 48.5 Å². The summed E-state index contributed by atoms with van der Waals surface area (Å²) in [6, 6.07) is 21.3. The Hall–Kier alpha value is -7.14. The molecule has 3 aliphatic rings. The molecule has 3 aromatic heterocycles. The van der Waals surface area contributed by atoms with Crippen molar-refractivity contribution >= 4 is 34.9 Å². The molecular formula is C48H50FN9O7. The van der Waals surface area contributed by atoms with E-state index in [1.54, 1.807) is 46.5 Å². The van der Waals surface area contributed by atoms with E-state index in [1.165, 1.54) is 20.3 Å². The van der Waals surface area contributed by atoms with Gasteiger partial charge in [-0.15, -0.1) is 0 Å². The average Bonchev–Trinajstić information content (AvgIpc) is 4.20. The summed E-state index contributed by atoms with van der Waals surface area (Å²) >= 11 is 0. The molecule has 4 N–H and O–H groups in total. The number of imidazole rings is 2. The first-order chi connectivity index (χ1) is 31.7. The van der Waals surface area contributed by atoms with E-state index in [0.29, 0.717) is 97.2 Å². The molecule has 3 fully saturated rings. The highest BCUT2D eigenvalue weighted by molar-refractivity contribution is 5.89. The van der Waals surface area contributed by atoms with E-state index in [9.17, 15) is 19.2 Å². The first-order valence-electron chi connectivity index (χ1n) is 21.9. The van der Waals surface area contributed by atoms with Gasteiger partial charge in [0.25, 0.3) is 5.91 Å². The Morgan fingerprint density at radius 1 is 0.738 bits per heavy atom. The van der Waals surface area contributed by atoms with Gasteiger partial charge in [-0.3, -0.25) is 9.59 Å². The Bertz CT molecular complexity index is 2700. The number of benzene rings is 3. The molecule has 6 aromatic rings. The number of hydrogen-bond donors (Lipinski definition) is 4. The summed E-state index contributed by atoms with van der Waals surface area (Å²) in [7, 11) is 2.55. The van der Waals surface area contributed by atoms with Crippen LogP contribution in [-0.2, 0) is 23.8 Å². The van der Waals surface area contributed by atoms with E-state index in [0.717, 1.165) is 29.5 Å². The van der Waals surface area contributed by atoms with Crippen molar-refractivity contribution in [2.24, 2.45) is 5.92 Å². The molecule has 0 saturated carbocycles. The molecule has 0 bridgehead atoms. The van der Waals surface area contributed by atoms with Crippen LogP contribution in [0.15, 0.2) is 91.3 Å². The number of halogens is 1. The number of aromatic nitrogens is 5. The predicted octanol–water partition coefficient (Wildman–Crippen LogP) is 7.40. The van der Waals surface area contributed by atoms with Crippen molar-refractivity contribution < 1.29 is 37.8 Å². The number of H-pyrrole nitrogens is 2. The summed E-state index contributed by atoms with van der Waals surface area (Å²) < 4.78 is 31.1.